The predicted molar refractivity (Wildman–Crippen MR) is 50.5 cm³/mol. The molecule has 3 nitrogen and oxygen atoms in total. The molecular weight excluding hydrogens is 204 g/mol. The van der Waals surface area contributed by atoms with Gasteiger partial charge in [0.1, 0.15) is 12.0 Å². The summed E-state index contributed by atoms with van der Waals surface area (Å²) in [6.45, 7) is 1.03. The molecule has 0 bridgehead atoms. The van der Waals surface area contributed by atoms with Crippen molar-refractivity contribution < 1.29 is 18.7 Å². The van der Waals surface area contributed by atoms with Crippen LogP contribution in [-0.4, -0.2) is 17.2 Å². The predicted octanol–water partition coefficient (Wildman–Crippen LogP) is 1.42. The summed E-state index contributed by atoms with van der Waals surface area (Å²) in [6, 6.07) is 4.63. The monoisotopic (exact) mass is 215 g/mol. The van der Waals surface area contributed by atoms with Crippen LogP contribution in [0.2, 0.25) is 0 Å². The van der Waals surface area contributed by atoms with Crippen LogP contribution >= 0.6 is 0 Å². The minimum Gasteiger partial charge on any atom is -0.480 e. The van der Waals surface area contributed by atoms with Crippen molar-refractivity contribution >= 4 is 5.97 Å². The fraction of sp³-hybridized carbons (Fsp3) is 0.300. The molecule has 0 radical (unpaired) electrons. The van der Waals surface area contributed by atoms with E-state index in [1.807, 2.05) is 0 Å². The molecule has 1 aromatic rings. The van der Waals surface area contributed by atoms with Gasteiger partial charge in [-0.3, -0.25) is 0 Å². The van der Waals surface area contributed by atoms with Crippen molar-refractivity contribution in [3.05, 3.63) is 35.6 Å². The van der Waals surface area contributed by atoms with Gasteiger partial charge in [-0.05, 0) is 24.6 Å². The highest BCUT2D eigenvalue weighted by Gasteiger charge is 2.42. The lowest BCUT2D eigenvalue weighted by atomic mass is 9.87. The summed E-state index contributed by atoms with van der Waals surface area (Å²) < 4.78 is 26.0. The van der Waals surface area contributed by atoms with Gasteiger partial charge in [-0.15, -0.1) is 0 Å². The van der Waals surface area contributed by atoms with E-state index < -0.39 is 23.5 Å². The summed E-state index contributed by atoms with van der Waals surface area (Å²) in [5, 5.41) is 8.86. The quantitative estimate of drug-likeness (QED) is 0.801. The summed E-state index contributed by atoms with van der Waals surface area (Å²) in [5.41, 5.74) is 3.13. The Morgan fingerprint density at radius 2 is 2.20 bits per heavy atom. The van der Waals surface area contributed by atoms with Crippen molar-refractivity contribution in [3.63, 3.8) is 0 Å². The normalized spacial score (nSPS) is 16.8. The van der Waals surface area contributed by atoms with Crippen LogP contribution in [0, 0.1) is 5.82 Å². The molecule has 0 aliphatic heterocycles. The number of nitrogens with two attached hydrogens (primary N) is 1. The highest BCUT2D eigenvalue weighted by Crippen LogP contribution is 2.25. The second kappa shape index (κ2) is 3.94. The van der Waals surface area contributed by atoms with E-state index in [9.17, 15) is 13.6 Å². The zero-order chi connectivity index (χ0) is 11.6. The fourth-order valence-corrected chi connectivity index (χ4v) is 1.27. The number of hydrogen-bond donors (Lipinski definition) is 2. The summed E-state index contributed by atoms with van der Waals surface area (Å²) in [5.74, 6) is -2.17. The Balaban J connectivity index is 3.28. The first-order valence-corrected chi connectivity index (χ1v) is 4.31. The number of benzene rings is 1. The van der Waals surface area contributed by atoms with Crippen molar-refractivity contribution in [2.75, 3.05) is 0 Å². The largest absolute Gasteiger partial charge is 0.480 e. The van der Waals surface area contributed by atoms with Crippen LogP contribution < -0.4 is 5.73 Å². The van der Waals surface area contributed by atoms with E-state index in [1.165, 1.54) is 12.1 Å². The number of carboxylic acid groups (broad SMARTS) is 1. The van der Waals surface area contributed by atoms with Crippen LogP contribution in [0.4, 0.5) is 8.78 Å². The van der Waals surface area contributed by atoms with Gasteiger partial charge in [0.25, 0.3) is 0 Å². The smallest absolute Gasteiger partial charge is 0.331 e. The molecule has 0 aliphatic rings. The zero-order valence-electron chi connectivity index (χ0n) is 8.08. The van der Waals surface area contributed by atoms with E-state index in [-0.39, 0.29) is 5.56 Å². The zero-order valence-corrected chi connectivity index (χ0v) is 8.08. The molecule has 0 heterocycles. The van der Waals surface area contributed by atoms with Gasteiger partial charge in [0.2, 0.25) is 0 Å². The second-order valence-corrected chi connectivity index (χ2v) is 3.30. The number of carboxylic acids is 1. The van der Waals surface area contributed by atoms with Crippen molar-refractivity contribution in [3.8, 4) is 0 Å². The molecule has 0 aliphatic carbocycles. The maximum atomic E-state index is 13.2. The highest BCUT2D eigenvalue weighted by atomic mass is 19.1. The molecule has 0 fully saturated rings. The van der Waals surface area contributed by atoms with E-state index in [4.69, 9.17) is 10.8 Å². The lowest BCUT2D eigenvalue weighted by Crippen LogP contribution is -2.51. The summed E-state index contributed by atoms with van der Waals surface area (Å²) in [4.78, 5) is 10.9. The third-order valence-electron chi connectivity index (χ3n) is 2.28. The van der Waals surface area contributed by atoms with E-state index in [0.717, 1.165) is 19.1 Å². The number of carbonyl (C=O) groups is 1. The van der Waals surface area contributed by atoms with Crippen molar-refractivity contribution in [1.29, 1.82) is 0 Å². The average Bonchev–Trinajstić information content (AvgIpc) is 2.15. The Morgan fingerprint density at radius 1 is 1.60 bits per heavy atom. The third-order valence-corrected chi connectivity index (χ3v) is 2.28. The summed E-state index contributed by atoms with van der Waals surface area (Å²) >= 11 is 0. The third kappa shape index (κ3) is 1.97. The maximum Gasteiger partial charge on any atom is 0.331 e. The van der Waals surface area contributed by atoms with Gasteiger partial charge in [0.15, 0.2) is 5.54 Å². The Hall–Kier alpha value is -1.49. The molecule has 82 valence electrons. The topological polar surface area (TPSA) is 63.3 Å². The van der Waals surface area contributed by atoms with Gasteiger partial charge < -0.3 is 10.8 Å². The van der Waals surface area contributed by atoms with E-state index >= 15 is 0 Å². The summed E-state index contributed by atoms with van der Waals surface area (Å²) in [7, 11) is 0. The average molecular weight is 215 g/mol. The lowest BCUT2D eigenvalue weighted by Gasteiger charge is -2.26. The van der Waals surface area contributed by atoms with Gasteiger partial charge in [0.05, 0.1) is 0 Å². The number of halogens is 2. The van der Waals surface area contributed by atoms with Crippen LogP contribution in [0.5, 0.6) is 0 Å². The molecule has 0 saturated heterocycles. The molecule has 2 atom stereocenters. The van der Waals surface area contributed by atoms with E-state index in [1.54, 1.807) is 0 Å². The molecule has 3 N–H and O–H groups in total. The number of rotatable bonds is 3. The molecule has 0 aromatic heterocycles. The Labute approximate surface area is 85.5 Å². The van der Waals surface area contributed by atoms with Crippen molar-refractivity contribution in [2.45, 2.75) is 18.6 Å². The van der Waals surface area contributed by atoms with Crippen LogP contribution in [0.3, 0.4) is 0 Å². The van der Waals surface area contributed by atoms with E-state index in [0.29, 0.717) is 0 Å². The van der Waals surface area contributed by atoms with Crippen LogP contribution in [-0.2, 0) is 10.3 Å². The Bertz CT molecular complexity index is 381. The summed E-state index contributed by atoms with van der Waals surface area (Å²) in [6.07, 6.45) is -1.82. The van der Waals surface area contributed by atoms with Gasteiger partial charge in [-0.25, -0.2) is 13.6 Å². The lowest BCUT2D eigenvalue weighted by molar-refractivity contribution is -0.146. The first-order valence-electron chi connectivity index (χ1n) is 4.31. The molecule has 1 aromatic carbocycles. The standard InChI is InChI=1S/C10H11F2NO2/c1-6(11)10(13,9(14)15)7-3-2-4-8(12)5-7/h2-6H,13H2,1H3,(H,14,15). The molecule has 0 saturated carbocycles. The highest BCUT2D eigenvalue weighted by molar-refractivity contribution is 5.81. The minimum absolute atomic E-state index is 0.0926. The second-order valence-electron chi connectivity index (χ2n) is 3.30. The first kappa shape index (κ1) is 11.6. The van der Waals surface area contributed by atoms with Crippen molar-refractivity contribution in [2.24, 2.45) is 5.73 Å². The number of alkyl halides is 1. The van der Waals surface area contributed by atoms with Crippen molar-refractivity contribution in [1.82, 2.24) is 0 Å². The van der Waals surface area contributed by atoms with Crippen LogP contribution in [0.1, 0.15) is 12.5 Å². The SMILES string of the molecule is CC(F)C(N)(C(=O)O)c1cccc(F)c1. The molecular formula is C10H11F2NO2. The Kier molecular flexibility index (Phi) is 3.04. The van der Waals surface area contributed by atoms with Gasteiger partial charge in [0, 0.05) is 0 Å². The molecule has 0 spiro atoms. The van der Waals surface area contributed by atoms with E-state index in [2.05, 4.69) is 0 Å². The molecule has 2 unspecified atom stereocenters. The molecule has 5 heteroatoms. The van der Waals surface area contributed by atoms with Gasteiger partial charge in [-0.1, -0.05) is 12.1 Å². The van der Waals surface area contributed by atoms with Crippen LogP contribution in [0.15, 0.2) is 24.3 Å². The van der Waals surface area contributed by atoms with Gasteiger partial charge in [-0.2, -0.15) is 0 Å². The maximum absolute atomic E-state index is 13.2. The van der Waals surface area contributed by atoms with Crippen LogP contribution in [0.25, 0.3) is 0 Å². The molecule has 15 heavy (non-hydrogen) atoms. The first-order chi connectivity index (χ1) is 6.89. The fourth-order valence-electron chi connectivity index (χ4n) is 1.27. The Morgan fingerprint density at radius 3 is 2.60 bits per heavy atom. The molecule has 1 rings (SSSR count). The minimum atomic E-state index is -2.21. The van der Waals surface area contributed by atoms with Gasteiger partial charge >= 0.3 is 5.97 Å². The number of aliphatic carboxylic acids is 1. The number of hydrogen-bond acceptors (Lipinski definition) is 2. The molecule has 0 amide bonds.